The normalized spacial score (nSPS) is 18.3. The van der Waals surface area contributed by atoms with Crippen LogP contribution in [0.3, 0.4) is 0 Å². The van der Waals surface area contributed by atoms with E-state index >= 15 is 0 Å². The van der Waals surface area contributed by atoms with Gasteiger partial charge in [0, 0.05) is 19.0 Å². The van der Waals surface area contributed by atoms with Gasteiger partial charge < -0.3 is 10.2 Å². The van der Waals surface area contributed by atoms with Crippen LogP contribution in [0.1, 0.15) is 77.6 Å². The maximum absolute atomic E-state index is 11.9. The quantitative estimate of drug-likeness (QED) is 0.231. The van der Waals surface area contributed by atoms with Crippen molar-refractivity contribution in [3.05, 3.63) is 60.8 Å². The standard InChI is InChI=1S/C27H44N2O/c1-3-4-5-6-7-8-9-10-11-12-13-14-15-16-17-18-19-22-27(30)28-24-23-26-21-20-25-29(26)2/h4-5,7-8,10-11,13-14,16-17,26H,3,6,9,12,15,18-25H2,1-2H3,(H,28,30)/b5-4+,8-7+,11-10+,14-13+,17-16+. The minimum atomic E-state index is 0.197. The van der Waals surface area contributed by atoms with Crippen molar-refractivity contribution >= 4 is 5.91 Å². The molecule has 0 aromatic heterocycles. The predicted octanol–water partition coefficient (Wildman–Crippen LogP) is 6.51. The van der Waals surface area contributed by atoms with Crippen LogP contribution in [0.2, 0.25) is 0 Å². The lowest BCUT2D eigenvalue weighted by Gasteiger charge is -2.19. The Labute approximate surface area is 185 Å². The molecule has 1 heterocycles. The zero-order chi connectivity index (χ0) is 21.7. The summed E-state index contributed by atoms with van der Waals surface area (Å²) in [6.45, 7) is 4.17. The molecule has 0 aromatic rings. The van der Waals surface area contributed by atoms with E-state index in [2.05, 4.69) is 84.9 Å². The molecule has 1 N–H and O–H groups in total. The molecule has 3 nitrogen and oxygen atoms in total. The van der Waals surface area contributed by atoms with Gasteiger partial charge in [-0.1, -0.05) is 67.7 Å². The summed E-state index contributed by atoms with van der Waals surface area (Å²) in [6.07, 6.45) is 33.4. The van der Waals surface area contributed by atoms with Crippen LogP contribution in [0.4, 0.5) is 0 Å². The number of rotatable bonds is 16. The molecule has 1 amide bonds. The third-order valence-corrected chi connectivity index (χ3v) is 5.40. The van der Waals surface area contributed by atoms with Gasteiger partial charge in [-0.15, -0.1) is 0 Å². The maximum atomic E-state index is 11.9. The highest BCUT2D eigenvalue weighted by Gasteiger charge is 2.20. The first-order valence-corrected chi connectivity index (χ1v) is 12.0. The van der Waals surface area contributed by atoms with E-state index in [0.29, 0.717) is 12.5 Å². The second-order valence-corrected chi connectivity index (χ2v) is 8.02. The molecular formula is C27H44N2O. The molecule has 1 aliphatic heterocycles. The maximum Gasteiger partial charge on any atom is 0.220 e. The van der Waals surface area contributed by atoms with E-state index in [1.165, 1.54) is 19.4 Å². The smallest absolute Gasteiger partial charge is 0.220 e. The summed E-state index contributed by atoms with van der Waals surface area (Å²) < 4.78 is 0. The van der Waals surface area contributed by atoms with E-state index < -0.39 is 0 Å². The van der Waals surface area contributed by atoms with Crippen LogP contribution in [0, 0.1) is 0 Å². The van der Waals surface area contributed by atoms with Crippen molar-refractivity contribution in [1.29, 1.82) is 0 Å². The lowest BCUT2D eigenvalue weighted by atomic mass is 10.1. The number of carbonyl (C=O) groups excluding carboxylic acids is 1. The van der Waals surface area contributed by atoms with Crippen LogP contribution in [0.25, 0.3) is 0 Å². The summed E-state index contributed by atoms with van der Waals surface area (Å²) in [5.74, 6) is 0.197. The summed E-state index contributed by atoms with van der Waals surface area (Å²) >= 11 is 0. The van der Waals surface area contributed by atoms with Gasteiger partial charge in [0.05, 0.1) is 0 Å². The summed E-state index contributed by atoms with van der Waals surface area (Å²) in [7, 11) is 2.19. The van der Waals surface area contributed by atoms with E-state index in [-0.39, 0.29) is 5.91 Å². The van der Waals surface area contributed by atoms with Crippen molar-refractivity contribution in [2.45, 2.75) is 83.6 Å². The molecule has 0 saturated carbocycles. The number of nitrogens with zero attached hydrogens (tertiary/aromatic N) is 1. The Hall–Kier alpha value is -1.87. The van der Waals surface area contributed by atoms with E-state index in [0.717, 1.165) is 57.9 Å². The first-order chi connectivity index (χ1) is 14.7. The molecule has 1 rings (SSSR count). The lowest BCUT2D eigenvalue weighted by Crippen LogP contribution is -2.31. The number of nitrogens with one attached hydrogen (secondary N) is 1. The predicted molar refractivity (Wildman–Crippen MR) is 132 cm³/mol. The molecule has 3 heteroatoms. The molecule has 0 aromatic carbocycles. The fourth-order valence-corrected chi connectivity index (χ4v) is 3.56. The molecule has 168 valence electrons. The van der Waals surface area contributed by atoms with Crippen LogP contribution in [0.15, 0.2) is 60.8 Å². The summed E-state index contributed by atoms with van der Waals surface area (Å²) in [4.78, 5) is 14.3. The van der Waals surface area contributed by atoms with Gasteiger partial charge in [0.15, 0.2) is 0 Å². The van der Waals surface area contributed by atoms with Gasteiger partial charge in [0.1, 0.15) is 0 Å². The summed E-state index contributed by atoms with van der Waals surface area (Å²) in [6, 6.07) is 0.659. The fraction of sp³-hybridized carbons (Fsp3) is 0.593. The second-order valence-electron chi connectivity index (χ2n) is 8.02. The monoisotopic (exact) mass is 412 g/mol. The molecule has 1 atom stereocenters. The largest absolute Gasteiger partial charge is 0.356 e. The Morgan fingerprint density at radius 2 is 1.47 bits per heavy atom. The van der Waals surface area contributed by atoms with Crippen LogP contribution >= 0.6 is 0 Å². The van der Waals surface area contributed by atoms with Crippen molar-refractivity contribution in [2.75, 3.05) is 20.1 Å². The van der Waals surface area contributed by atoms with Crippen molar-refractivity contribution in [2.24, 2.45) is 0 Å². The van der Waals surface area contributed by atoms with Crippen LogP contribution in [-0.4, -0.2) is 37.0 Å². The first-order valence-electron chi connectivity index (χ1n) is 12.0. The van der Waals surface area contributed by atoms with Crippen molar-refractivity contribution in [3.8, 4) is 0 Å². The summed E-state index contributed by atoms with van der Waals surface area (Å²) in [5, 5.41) is 3.07. The lowest BCUT2D eigenvalue weighted by molar-refractivity contribution is -0.121. The molecule has 0 bridgehead atoms. The van der Waals surface area contributed by atoms with Crippen LogP contribution in [-0.2, 0) is 4.79 Å². The number of allylic oxidation sites excluding steroid dienone is 10. The van der Waals surface area contributed by atoms with Gasteiger partial charge in [-0.05, 0) is 77.8 Å². The van der Waals surface area contributed by atoms with Crippen molar-refractivity contribution in [1.82, 2.24) is 10.2 Å². The average Bonchev–Trinajstić information content (AvgIpc) is 3.15. The zero-order valence-electron chi connectivity index (χ0n) is 19.4. The highest BCUT2D eigenvalue weighted by molar-refractivity contribution is 5.75. The van der Waals surface area contributed by atoms with E-state index in [1.807, 2.05) is 0 Å². The second kappa shape index (κ2) is 19.1. The number of amides is 1. The third-order valence-electron chi connectivity index (χ3n) is 5.40. The minimum absolute atomic E-state index is 0.197. The van der Waals surface area contributed by atoms with Crippen molar-refractivity contribution in [3.63, 3.8) is 0 Å². The Morgan fingerprint density at radius 3 is 2.00 bits per heavy atom. The molecule has 0 radical (unpaired) electrons. The Kier molecular flexibility index (Phi) is 16.7. The number of hydrogen-bond acceptors (Lipinski definition) is 2. The van der Waals surface area contributed by atoms with Gasteiger partial charge in [-0.25, -0.2) is 0 Å². The minimum Gasteiger partial charge on any atom is -0.356 e. The molecule has 1 unspecified atom stereocenters. The van der Waals surface area contributed by atoms with Gasteiger partial charge in [-0.2, -0.15) is 0 Å². The highest BCUT2D eigenvalue weighted by Crippen LogP contribution is 2.16. The van der Waals surface area contributed by atoms with Gasteiger partial charge >= 0.3 is 0 Å². The van der Waals surface area contributed by atoms with Gasteiger partial charge in [-0.3, -0.25) is 4.79 Å². The van der Waals surface area contributed by atoms with E-state index in [4.69, 9.17) is 0 Å². The number of unbranched alkanes of at least 4 members (excludes halogenated alkanes) is 1. The Balaban J connectivity index is 1.91. The Morgan fingerprint density at radius 1 is 0.900 bits per heavy atom. The molecule has 1 aliphatic rings. The zero-order valence-corrected chi connectivity index (χ0v) is 19.4. The number of likely N-dealkylation sites (tertiary alicyclic amines) is 1. The third kappa shape index (κ3) is 15.0. The van der Waals surface area contributed by atoms with Gasteiger partial charge in [0.2, 0.25) is 5.91 Å². The summed E-state index contributed by atoms with van der Waals surface area (Å²) in [5.41, 5.74) is 0. The first kappa shape index (κ1) is 26.2. The molecular weight excluding hydrogens is 368 g/mol. The van der Waals surface area contributed by atoms with E-state index in [1.54, 1.807) is 0 Å². The molecule has 1 saturated heterocycles. The fourth-order valence-electron chi connectivity index (χ4n) is 3.56. The molecule has 30 heavy (non-hydrogen) atoms. The Bertz CT molecular complexity index is 571. The molecule has 1 fully saturated rings. The average molecular weight is 413 g/mol. The topological polar surface area (TPSA) is 32.3 Å². The van der Waals surface area contributed by atoms with Crippen LogP contribution < -0.4 is 5.32 Å². The SMILES string of the molecule is CC/C=C/C/C=C/C/C=C/C/C=C/C/C=C/CCCC(=O)NCCC1CCCN1C. The van der Waals surface area contributed by atoms with Crippen LogP contribution in [0.5, 0.6) is 0 Å². The molecule has 0 aliphatic carbocycles. The molecule has 0 spiro atoms. The van der Waals surface area contributed by atoms with Gasteiger partial charge in [0.25, 0.3) is 0 Å². The number of carbonyl (C=O) groups is 1. The highest BCUT2D eigenvalue weighted by atomic mass is 16.1. The van der Waals surface area contributed by atoms with Crippen molar-refractivity contribution < 1.29 is 4.79 Å². The van der Waals surface area contributed by atoms with E-state index in [9.17, 15) is 4.79 Å². The number of hydrogen-bond donors (Lipinski definition) is 1.